The Morgan fingerprint density at radius 3 is 2.61 bits per heavy atom. The van der Waals surface area contributed by atoms with Gasteiger partial charge in [0.1, 0.15) is 11.5 Å². The number of methoxy groups -OCH3 is 2. The molecule has 3 aromatic rings. The number of hydrogen-bond donors (Lipinski definition) is 0. The fraction of sp³-hybridized carbons (Fsp3) is 0.333. The predicted molar refractivity (Wildman–Crippen MR) is 110 cm³/mol. The van der Waals surface area contributed by atoms with Crippen LogP contribution in [0.15, 0.2) is 42.5 Å². The number of hydrogen-bond acceptors (Lipinski definition) is 6. The summed E-state index contributed by atoms with van der Waals surface area (Å²) < 4.78 is 17.5. The molecular formula is C21H22N2O4S. The predicted octanol–water partition coefficient (Wildman–Crippen LogP) is 4.14. The molecule has 0 radical (unpaired) electrons. The van der Waals surface area contributed by atoms with Crippen molar-refractivity contribution in [2.24, 2.45) is 0 Å². The fourth-order valence-corrected chi connectivity index (χ4v) is 4.28. The Kier molecular flexibility index (Phi) is 5.45. The van der Waals surface area contributed by atoms with Crippen LogP contribution in [0, 0.1) is 0 Å². The van der Waals surface area contributed by atoms with Gasteiger partial charge in [-0.25, -0.2) is 4.98 Å². The molecule has 0 aliphatic carbocycles. The average Bonchev–Trinajstić information content (AvgIpc) is 3.40. The number of ether oxygens (including phenoxy) is 3. The van der Waals surface area contributed by atoms with Crippen LogP contribution >= 0.6 is 11.3 Å². The number of fused-ring (bicyclic) bond motifs is 1. The third-order valence-electron chi connectivity index (χ3n) is 4.77. The molecule has 2 aromatic carbocycles. The molecule has 6 nitrogen and oxygen atoms in total. The molecule has 1 aliphatic rings. The summed E-state index contributed by atoms with van der Waals surface area (Å²) in [5, 5.41) is 0.670. The Balaban J connectivity index is 1.72. The zero-order chi connectivity index (χ0) is 19.5. The van der Waals surface area contributed by atoms with E-state index in [0.717, 1.165) is 29.7 Å². The van der Waals surface area contributed by atoms with Gasteiger partial charge in [-0.2, -0.15) is 0 Å². The van der Waals surface area contributed by atoms with E-state index in [0.29, 0.717) is 28.7 Å². The van der Waals surface area contributed by atoms with Crippen LogP contribution in [-0.4, -0.2) is 44.4 Å². The van der Waals surface area contributed by atoms with Crippen molar-refractivity contribution in [1.82, 2.24) is 4.98 Å². The van der Waals surface area contributed by atoms with Gasteiger partial charge in [0.15, 0.2) is 5.13 Å². The minimum atomic E-state index is -0.147. The zero-order valence-electron chi connectivity index (χ0n) is 15.9. The van der Waals surface area contributed by atoms with Gasteiger partial charge in [0.05, 0.1) is 37.1 Å². The molecule has 0 saturated carbocycles. The van der Waals surface area contributed by atoms with Crippen molar-refractivity contribution < 1.29 is 19.0 Å². The van der Waals surface area contributed by atoms with Crippen LogP contribution in [0.2, 0.25) is 0 Å². The Morgan fingerprint density at radius 1 is 1.21 bits per heavy atom. The standard InChI is InChI=1S/C21H22N2O4S/c1-25-16-10-14(11-17(12-16)26-2)20(24)23(13-15-6-5-9-27-15)21-22-18-7-3-4-8-19(18)28-21/h3-4,7-8,10-12,15H,5-6,9,13H2,1-2H3. The summed E-state index contributed by atoms with van der Waals surface area (Å²) in [5.41, 5.74) is 1.38. The molecule has 1 amide bonds. The van der Waals surface area contributed by atoms with E-state index in [9.17, 15) is 4.79 Å². The van der Waals surface area contributed by atoms with E-state index < -0.39 is 0 Å². The maximum atomic E-state index is 13.5. The molecule has 146 valence electrons. The number of carbonyl (C=O) groups is 1. The highest BCUT2D eigenvalue weighted by Crippen LogP contribution is 2.32. The third-order valence-corrected chi connectivity index (χ3v) is 5.83. The second-order valence-corrected chi connectivity index (χ2v) is 7.63. The first-order valence-electron chi connectivity index (χ1n) is 9.20. The number of para-hydroxylation sites is 1. The van der Waals surface area contributed by atoms with Gasteiger partial charge < -0.3 is 14.2 Å². The number of thiazole rings is 1. The molecule has 1 fully saturated rings. The molecule has 1 atom stereocenters. The van der Waals surface area contributed by atoms with Gasteiger partial charge in [-0.05, 0) is 37.1 Å². The summed E-state index contributed by atoms with van der Waals surface area (Å²) in [4.78, 5) is 19.9. The summed E-state index contributed by atoms with van der Waals surface area (Å²) in [6.45, 7) is 1.21. The van der Waals surface area contributed by atoms with Gasteiger partial charge >= 0.3 is 0 Å². The Hall–Kier alpha value is -2.64. The molecule has 1 aromatic heterocycles. The van der Waals surface area contributed by atoms with Gasteiger partial charge in [-0.1, -0.05) is 23.5 Å². The van der Waals surface area contributed by atoms with Crippen molar-refractivity contribution in [3.8, 4) is 11.5 Å². The maximum Gasteiger partial charge on any atom is 0.260 e. The lowest BCUT2D eigenvalue weighted by Crippen LogP contribution is -2.37. The molecule has 1 saturated heterocycles. The van der Waals surface area contributed by atoms with Crippen LogP contribution in [0.4, 0.5) is 5.13 Å². The Bertz CT molecular complexity index is 926. The topological polar surface area (TPSA) is 60.9 Å². The summed E-state index contributed by atoms with van der Waals surface area (Å²) in [6, 6.07) is 13.1. The van der Waals surface area contributed by atoms with Crippen molar-refractivity contribution in [3.05, 3.63) is 48.0 Å². The van der Waals surface area contributed by atoms with E-state index in [2.05, 4.69) is 0 Å². The van der Waals surface area contributed by atoms with Crippen molar-refractivity contribution in [3.63, 3.8) is 0 Å². The lowest BCUT2D eigenvalue weighted by Gasteiger charge is -2.23. The van der Waals surface area contributed by atoms with E-state index in [4.69, 9.17) is 19.2 Å². The Labute approximate surface area is 167 Å². The first-order valence-corrected chi connectivity index (χ1v) is 10.0. The highest BCUT2D eigenvalue weighted by molar-refractivity contribution is 7.22. The number of rotatable bonds is 6. The SMILES string of the molecule is COc1cc(OC)cc(C(=O)N(CC2CCCO2)c2nc3ccccc3s2)c1. The highest BCUT2D eigenvalue weighted by Gasteiger charge is 2.27. The van der Waals surface area contributed by atoms with E-state index in [1.807, 2.05) is 24.3 Å². The smallest absolute Gasteiger partial charge is 0.260 e. The number of benzene rings is 2. The molecular weight excluding hydrogens is 376 g/mol. The van der Waals surface area contributed by atoms with Crippen LogP contribution < -0.4 is 14.4 Å². The largest absolute Gasteiger partial charge is 0.497 e. The van der Waals surface area contributed by atoms with Crippen LogP contribution in [0.25, 0.3) is 10.2 Å². The number of anilines is 1. The molecule has 0 N–H and O–H groups in total. The van der Waals surface area contributed by atoms with E-state index in [1.54, 1.807) is 37.3 Å². The molecule has 0 bridgehead atoms. The molecule has 1 aliphatic heterocycles. The molecule has 4 rings (SSSR count). The van der Waals surface area contributed by atoms with Crippen LogP contribution in [0.3, 0.4) is 0 Å². The van der Waals surface area contributed by atoms with Crippen molar-refractivity contribution in [2.75, 3.05) is 32.3 Å². The van der Waals surface area contributed by atoms with Gasteiger partial charge in [-0.15, -0.1) is 0 Å². The first-order chi connectivity index (χ1) is 13.7. The van der Waals surface area contributed by atoms with Crippen LogP contribution in [0.5, 0.6) is 11.5 Å². The van der Waals surface area contributed by atoms with Crippen LogP contribution in [0.1, 0.15) is 23.2 Å². The van der Waals surface area contributed by atoms with E-state index in [1.165, 1.54) is 11.3 Å². The summed E-state index contributed by atoms with van der Waals surface area (Å²) in [7, 11) is 3.14. The molecule has 2 heterocycles. The number of nitrogens with zero attached hydrogens (tertiary/aromatic N) is 2. The molecule has 28 heavy (non-hydrogen) atoms. The van der Waals surface area contributed by atoms with Crippen molar-refractivity contribution in [1.29, 1.82) is 0 Å². The fourth-order valence-electron chi connectivity index (χ4n) is 3.30. The normalized spacial score (nSPS) is 16.3. The zero-order valence-corrected chi connectivity index (χ0v) is 16.7. The van der Waals surface area contributed by atoms with Crippen molar-refractivity contribution in [2.45, 2.75) is 18.9 Å². The van der Waals surface area contributed by atoms with Crippen LogP contribution in [-0.2, 0) is 4.74 Å². The lowest BCUT2D eigenvalue weighted by molar-refractivity contribution is 0.0917. The molecule has 1 unspecified atom stereocenters. The number of carbonyl (C=O) groups excluding carboxylic acids is 1. The molecule has 0 spiro atoms. The second kappa shape index (κ2) is 8.16. The summed E-state index contributed by atoms with van der Waals surface area (Å²) in [6.07, 6.45) is 1.97. The van der Waals surface area contributed by atoms with E-state index >= 15 is 0 Å². The summed E-state index contributed by atoms with van der Waals surface area (Å²) >= 11 is 1.51. The second-order valence-electron chi connectivity index (χ2n) is 6.62. The minimum absolute atomic E-state index is 0.0171. The molecule has 7 heteroatoms. The minimum Gasteiger partial charge on any atom is -0.497 e. The van der Waals surface area contributed by atoms with Crippen molar-refractivity contribution >= 4 is 32.6 Å². The monoisotopic (exact) mass is 398 g/mol. The van der Waals surface area contributed by atoms with E-state index in [-0.39, 0.29) is 12.0 Å². The lowest BCUT2D eigenvalue weighted by atomic mass is 10.1. The average molecular weight is 398 g/mol. The quantitative estimate of drug-likeness (QED) is 0.625. The first kappa shape index (κ1) is 18.7. The van der Waals surface area contributed by atoms with Gasteiger partial charge in [0.2, 0.25) is 0 Å². The number of aromatic nitrogens is 1. The third kappa shape index (κ3) is 3.81. The van der Waals surface area contributed by atoms with Gasteiger partial charge in [0.25, 0.3) is 5.91 Å². The van der Waals surface area contributed by atoms with Gasteiger partial charge in [0, 0.05) is 18.2 Å². The van der Waals surface area contributed by atoms with Gasteiger partial charge in [-0.3, -0.25) is 9.69 Å². The number of amides is 1. The Morgan fingerprint density at radius 2 is 1.96 bits per heavy atom. The highest BCUT2D eigenvalue weighted by atomic mass is 32.1. The maximum absolute atomic E-state index is 13.5. The summed E-state index contributed by atoms with van der Waals surface area (Å²) in [5.74, 6) is 1.000.